The molecule has 0 aliphatic rings. The van der Waals surface area contributed by atoms with Crippen LogP contribution in [-0.4, -0.2) is 44.3 Å². The summed E-state index contributed by atoms with van der Waals surface area (Å²) in [5, 5.41) is 3.30. The molecule has 0 saturated carbocycles. The van der Waals surface area contributed by atoms with Crippen LogP contribution in [0.1, 0.15) is 44.2 Å². The van der Waals surface area contributed by atoms with Crippen LogP contribution in [0.25, 0.3) is 0 Å². The van der Waals surface area contributed by atoms with Crippen molar-refractivity contribution in [2.75, 3.05) is 17.4 Å². The van der Waals surface area contributed by atoms with Gasteiger partial charge in [-0.25, -0.2) is 8.42 Å². The molecule has 10 heteroatoms. The van der Waals surface area contributed by atoms with Crippen LogP contribution in [0.15, 0.2) is 77.7 Å². The number of carbonyl (C=O) groups is 2. The molecular formula is C30H35Cl2N3O4S. The Labute approximate surface area is 247 Å². The summed E-state index contributed by atoms with van der Waals surface area (Å²) in [7, 11) is -4.23. The highest BCUT2D eigenvalue weighted by molar-refractivity contribution is 7.92. The van der Waals surface area contributed by atoms with Gasteiger partial charge in [0.05, 0.1) is 15.6 Å². The van der Waals surface area contributed by atoms with Crippen molar-refractivity contribution < 1.29 is 18.0 Å². The fourth-order valence-corrected chi connectivity index (χ4v) is 6.19. The van der Waals surface area contributed by atoms with Gasteiger partial charge in [0.2, 0.25) is 11.8 Å². The first-order valence-corrected chi connectivity index (χ1v) is 15.4. The van der Waals surface area contributed by atoms with E-state index in [1.165, 1.54) is 29.2 Å². The van der Waals surface area contributed by atoms with E-state index in [0.29, 0.717) is 13.0 Å². The average molecular weight is 605 g/mol. The van der Waals surface area contributed by atoms with E-state index in [-0.39, 0.29) is 33.1 Å². The maximum Gasteiger partial charge on any atom is 0.264 e. The Kier molecular flexibility index (Phi) is 11.4. The summed E-state index contributed by atoms with van der Waals surface area (Å²) in [5.41, 5.74) is 1.88. The second kappa shape index (κ2) is 14.5. The summed E-state index contributed by atoms with van der Waals surface area (Å²) in [4.78, 5) is 28.8. The molecule has 0 bridgehead atoms. The number of halogens is 2. The monoisotopic (exact) mass is 603 g/mol. The largest absolute Gasteiger partial charge is 0.354 e. The van der Waals surface area contributed by atoms with Crippen molar-refractivity contribution in [2.45, 2.75) is 57.5 Å². The van der Waals surface area contributed by atoms with E-state index in [4.69, 9.17) is 23.2 Å². The van der Waals surface area contributed by atoms with Crippen molar-refractivity contribution in [2.24, 2.45) is 0 Å². The average Bonchev–Trinajstić information content (AvgIpc) is 2.94. The van der Waals surface area contributed by atoms with Crippen LogP contribution in [0.5, 0.6) is 0 Å². The SMILES string of the molecule is CCCCNC(=O)C(CC)N(Cc1ccccc1C)C(=O)CN(c1cc(Cl)ccc1Cl)S(=O)(=O)c1ccccc1. The third-order valence-electron chi connectivity index (χ3n) is 6.60. The van der Waals surface area contributed by atoms with Crippen molar-refractivity contribution >= 4 is 50.7 Å². The Bertz CT molecular complexity index is 1420. The van der Waals surface area contributed by atoms with E-state index in [1.807, 2.05) is 45.0 Å². The standard InChI is InChI=1S/C30H35Cl2N3O4S/c1-4-6-18-33-30(37)27(5-2)34(20-23-13-11-10-12-22(23)3)29(36)21-35(28-19-24(31)16-17-26(28)32)40(38,39)25-14-8-7-9-15-25/h7-17,19,27H,4-6,18,20-21H2,1-3H3,(H,33,37). The third kappa shape index (κ3) is 7.77. The Hall–Kier alpha value is -3.07. The lowest BCUT2D eigenvalue weighted by Gasteiger charge is -2.33. The number of nitrogens with one attached hydrogen (secondary N) is 1. The van der Waals surface area contributed by atoms with Gasteiger partial charge in [0.1, 0.15) is 12.6 Å². The van der Waals surface area contributed by atoms with Gasteiger partial charge in [-0.3, -0.25) is 13.9 Å². The second-order valence-corrected chi connectivity index (χ2v) is 12.1. The lowest BCUT2D eigenvalue weighted by Crippen LogP contribution is -2.52. The molecule has 2 amide bonds. The fourth-order valence-electron chi connectivity index (χ4n) is 4.31. The molecule has 214 valence electrons. The predicted octanol–water partition coefficient (Wildman–Crippen LogP) is 6.22. The van der Waals surface area contributed by atoms with Crippen LogP contribution in [0.4, 0.5) is 5.69 Å². The van der Waals surface area contributed by atoms with Crippen molar-refractivity contribution in [1.82, 2.24) is 10.2 Å². The number of sulfonamides is 1. The maximum absolute atomic E-state index is 14.1. The molecule has 3 rings (SSSR count). The highest BCUT2D eigenvalue weighted by Crippen LogP contribution is 2.33. The summed E-state index contributed by atoms with van der Waals surface area (Å²) in [6, 6.07) is 19.0. The van der Waals surface area contributed by atoms with Gasteiger partial charge in [-0.1, -0.05) is 85.9 Å². The molecule has 0 fully saturated rings. The molecule has 1 unspecified atom stereocenters. The molecule has 0 spiro atoms. The van der Waals surface area contributed by atoms with Crippen LogP contribution < -0.4 is 9.62 Å². The number of hydrogen-bond acceptors (Lipinski definition) is 4. The number of carbonyl (C=O) groups excluding carboxylic acids is 2. The van der Waals surface area contributed by atoms with Gasteiger partial charge >= 0.3 is 0 Å². The minimum atomic E-state index is -4.23. The smallest absolute Gasteiger partial charge is 0.264 e. The number of unbranched alkanes of at least 4 members (excludes halogenated alkanes) is 1. The summed E-state index contributed by atoms with van der Waals surface area (Å²) < 4.78 is 28.7. The molecule has 1 atom stereocenters. The van der Waals surface area contributed by atoms with Crippen LogP contribution in [0, 0.1) is 6.92 Å². The van der Waals surface area contributed by atoms with E-state index in [9.17, 15) is 18.0 Å². The molecule has 7 nitrogen and oxygen atoms in total. The Morgan fingerprint density at radius 3 is 2.27 bits per heavy atom. The summed E-state index contributed by atoms with van der Waals surface area (Å²) in [6.07, 6.45) is 2.07. The summed E-state index contributed by atoms with van der Waals surface area (Å²) >= 11 is 12.7. The van der Waals surface area contributed by atoms with Gasteiger partial charge in [-0.2, -0.15) is 0 Å². The molecular weight excluding hydrogens is 569 g/mol. The Morgan fingerprint density at radius 2 is 1.62 bits per heavy atom. The maximum atomic E-state index is 14.1. The highest BCUT2D eigenvalue weighted by atomic mass is 35.5. The zero-order valence-electron chi connectivity index (χ0n) is 22.9. The number of benzene rings is 3. The van der Waals surface area contributed by atoms with Crippen molar-refractivity contribution in [1.29, 1.82) is 0 Å². The predicted molar refractivity (Wildman–Crippen MR) is 161 cm³/mol. The van der Waals surface area contributed by atoms with Gasteiger partial charge in [0.15, 0.2) is 0 Å². The van der Waals surface area contributed by atoms with Gasteiger partial charge in [0, 0.05) is 18.1 Å². The molecule has 0 aromatic heterocycles. The molecule has 0 heterocycles. The minimum Gasteiger partial charge on any atom is -0.354 e. The quantitative estimate of drug-likeness (QED) is 0.235. The molecule has 1 N–H and O–H groups in total. The summed E-state index contributed by atoms with van der Waals surface area (Å²) in [5.74, 6) is -0.826. The number of anilines is 1. The van der Waals surface area contributed by atoms with Crippen molar-refractivity contribution in [3.05, 3.63) is 94.0 Å². The number of aryl methyl sites for hydroxylation is 1. The first-order chi connectivity index (χ1) is 19.1. The van der Waals surface area contributed by atoms with Crippen molar-refractivity contribution in [3.63, 3.8) is 0 Å². The number of amides is 2. The molecule has 40 heavy (non-hydrogen) atoms. The molecule has 3 aromatic rings. The Morgan fingerprint density at radius 1 is 0.950 bits per heavy atom. The fraction of sp³-hybridized carbons (Fsp3) is 0.333. The van der Waals surface area contributed by atoms with E-state index in [0.717, 1.165) is 28.3 Å². The molecule has 0 aliphatic heterocycles. The van der Waals surface area contributed by atoms with Crippen LogP contribution in [0.2, 0.25) is 10.0 Å². The van der Waals surface area contributed by atoms with Crippen LogP contribution in [0.3, 0.4) is 0 Å². The van der Waals surface area contributed by atoms with Gasteiger partial charge in [-0.05, 0) is 61.2 Å². The first-order valence-electron chi connectivity index (χ1n) is 13.2. The summed E-state index contributed by atoms with van der Waals surface area (Å²) in [6.45, 7) is 5.83. The highest BCUT2D eigenvalue weighted by Gasteiger charge is 2.34. The first kappa shape index (κ1) is 31.5. The molecule has 3 aromatic carbocycles. The number of rotatable bonds is 13. The zero-order valence-corrected chi connectivity index (χ0v) is 25.3. The topological polar surface area (TPSA) is 86.8 Å². The molecule has 0 aliphatic carbocycles. The Balaban J connectivity index is 2.07. The zero-order chi connectivity index (χ0) is 29.3. The van der Waals surface area contributed by atoms with Gasteiger partial charge in [0.25, 0.3) is 10.0 Å². The number of hydrogen-bond donors (Lipinski definition) is 1. The van der Waals surface area contributed by atoms with Gasteiger partial charge in [-0.15, -0.1) is 0 Å². The normalized spacial score (nSPS) is 12.0. The van der Waals surface area contributed by atoms with Crippen LogP contribution in [-0.2, 0) is 26.2 Å². The van der Waals surface area contributed by atoms with E-state index in [1.54, 1.807) is 24.3 Å². The van der Waals surface area contributed by atoms with Crippen LogP contribution >= 0.6 is 23.2 Å². The van der Waals surface area contributed by atoms with Crippen molar-refractivity contribution in [3.8, 4) is 0 Å². The molecule has 0 saturated heterocycles. The van der Waals surface area contributed by atoms with E-state index < -0.39 is 28.5 Å². The third-order valence-corrected chi connectivity index (χ3v) is 8.93. The van der Waals surface area contributed by atoms with E-state index in [2.05, 4.69) is 5.32 Å². The van der Waals surface area contributed by atoms with E-state index >= 15 is 0 Å². The lowest BCUT2D eigenvalue weighted by atomic mass is 10.1. The molecule has 0 radical (unpaired) electrons. The minimum absolute atomic E-state index is 0.00588. The number of nitrogens with zero attached hydrogens (tertiary/aromatic N) is 2. The van der Waals surface area contributed by atoms with Gasteiger partial charge < -0.3 is 10.2 Å². The second-order valence-electron chi connectivity index (χ2n) is 9.44. The lowest BCUT2D eigenvalue weighted by molar-refractivity contribution is -0.140.